The Morgan fingerprint density at radius 2 is 1.67 bits per heavy atom. The zero-order chi connectivity index (χ0) is 27.3. The number of hydrogen-bond donors (Lipinski definition) is 1. The summed E-state index contributed by atoms with van der Waals surface area (Å²) in [5.41, 5.74) is 2.89. The van der Waals surface area contributed by atoms with Gasteiger partial charge in [-0.25, -0.2) is 0 Å². The highest BCUT2D eigenvalue weighted by atomic mass is 28.4. The van der Waals surface area contributed by atoms with Crippen LogP contribution in [0, 0.1) is 22.2 Å². The lowest BCUT2D eigenvalue weighted by atomic mass is 9.47. The topological polar surface area (TPSA) is 47.9 Å². The van der Waals surface area contributed by atoms with Gasteiger partial charge < -0.3 is 19.0 Å². The molecule has 2 fully saturated rings. The van der Waals surface area contributed by atoms with Gasteiger partial charge in [0.2, 0.25) is 0 Å². The van der Waals surface area contributed by atoms with Crippen molar-refractivity contribution < 1.29 is 19.0 Å². The second kappa shape index (κ2) is 10.4. The zero-order valence-electron chi connectivity index (χ0n) is 24.9. The molecule has 3 aliphatic rings. The zero-order valence-corrected chi connectivity index (χ0v) is 25.9. The Morgan fingerprint density at radius 1 is 1.08 bits per heavy atom. The Labute approximate surface area is 222 Å². The first-order valence-corrected chi connectivity index (χ1v) is 16.4. The molecule has 2 bridgehead atoms. The monoisotopic (exact) mass is 518 g/mol. The largest absolute Gasteiger partial charge is 0.546 e. The Morgan fingerprint density at radius 3 is 2.17 bits per heavy atom. The van der Waals surface area contributed by atoms with E-state index >= 15 is 0 Å². The quantitative estimate of drug-likeness (QED) is 0.190. The van der Waals surface area contributed by atoms with E-state index in [9.17, 15) is 5.11 Å². The van der Waals surface area contributed by atoms with Crippen molar-refractivity contribution in [3.05, 3.63) is 36.1 Å². The summed E-state index contributed by atoms with van der Waals surface area (Å²) in [4.78, 5) is 0. The minimum absolute atomic E-state index is 0.194. The van der Waals surface area contributed by atoms with Gasteiger partial charge in [0.25, 0.3) is 8.32 Å². The van der Waals surface area contributed by atoms with Crippen molar-refractivity contribution in [2.75, 3.05) is 13.9 Å². The highest BCUT2D eigenvalue weighted by Crippen LogP contribution is 2.68. The van der Waals surface area contributed by atoms with Crippen LogP contribution < -0.4 is 0 Å². The molecule has 36 heavy (non-hydrogen) atoms. The average molecular weight is 519 g/mol. The fraction of sp³-hybridized carbons (Fsp3) is 0.806. The molecule has 0 aromatic carbocycles. The van der Waals surface area contributed by atoms with Crippen molar-refractivity contribution >= 4 is 8.32 Å². The minimum atomic E-state index is -2.16. The standard InChI is InChI=1S/C31H54O4Si/c1-13-29(10)18-26(32)30(11)23(8)14-16-31(24(9)28(29)34-19-33-12)17-15-25(27(30)31)35-36(20(2)3,21(4)5)22(6)7/h13,20-23,26,28,32H,1,9,14-19H2,2-8,10-12H3/t23?,26?,28?,29-,30?,31?/m0/s1. The molecule has 4 nitrogen and oxygen atoms in total. The van der Waals surface area contributed by atoms with Crippen LogP contribution in [0.4, 0.5) is 0 Å². The van der Waals surface area contributed by atoms with Crippen molar-refractivity contribution in [2.45, 2.75) is 123 Å². The van der Waals surface area contributed by atoms with Gasteiger partial charge in [-0.1, -0.05) is 75.0 Å². The van der Waals surface area contributed by atoms with Crippen molar-refractivity contribution in [1.29, 1.82) is 0 Å². The molecule has 5 heteroatoms. The summed E-state index contributed by atoms with van der Waals surface area (Å²) >= 11 is 0. The van der Waals surface area contributed by atoms with E-state index in [0.29, 0.717) is 29.0 Å². The fourth-order valence-corrected chi connectivity index (χ4v) is 13.9. The summed E-state index contributed by atoms with van der Waals surface area (Å²) in [6, 6.07) is 0. The molecule has 0 aromatic heterocycles. The maximum Gasteiger partial charge on any atom is 0.258 e. The summed E-state index contributed by atoms with van der Waals surface area (Å²) in [6.45, 7) is 30.0. The van der Waals surface area contributed by atoms with Gasteiger partial charge in [0.15, 0.2) is 0 Å². The number of aliphatic hydroxyl groups excluding tert-OH is 1. The van der Waals surface area contributed by atoms with E-state index in [0.717, 1.165) is 31.3 Å². The average Bonchev–Trinajstić information content (AvgIpc) is 3.18. The van der Waals surface area contributed by atoms with Gasteiger partial charge in [0.05, 0.1) is 18.0 Å². The Hall–Kier alpha value is -0.883. The van der Waals surface area contributed by atoms with E-state index in [2.05, 4.69) is 68.9 Å². The smallest absolute Gasteiger partial charge is 0.258 e. The normalized spacial score (nSPS) is 37.4. The van der Waals surface area contributed by atoms with Crippen LogP contribution >= 0.6 is 0 Å². The van der Waals surface area contributed by atoms with Crippen LogP contribution in [0.25, 0.3) is 0 Å². The van der Waals surface area contributed by atoms with Crippen molar-refractivity contribution in [3.8, 4) is 0 Å². The SMILES string of the molecule is C=C[C@@]1(C)CC(O)C2(C)C3=C(O[Si](C(C)C)(C(C)C)C(C)C)CCC3(CCC2C)C(=C)C1OCOC. The predicted molar refractivity (Wildman–Crippen MR) is 152 cm³/mol. The highest BCUT2D eigenvalue weighted by molar-refractivity contribution is 6.77. The van der Waals surface area contributed by atoms with Gasteiger partial charge in [-0.3, -0.25) is 0 Å². The van der Waals surface area contributed by atoms with Gasteiger partial charge >= 0.3 is 0 Å². The number of methoxy groups -OCH3 is 1. The number of allylic oxidation sites excluding steroid dienone is 1. The molecule has 0 spiro atoms. The maximum absolute atomic E-state index is 12.1. The van der Waals surface area contributed by atoms with Crippen LogP contribution in [0.2, 0.25) is 16.6 Å². The third kappa shape index (κ3) is 4.21. The molecule has 0 saturated heterocycles. The molecule has 3 aliphatic carbocycles. The third-order valence-electron chi connectivity index (χ3n) is 10.8. The molecule has 2 saturated carbocycles. The summed E-state index contributed by atoms with van der Waals surface area (Å²) < 4.78 is 19.2. The van der Waals surface area contributed by atoms with Crippen LogP contribution in [0.3, 0.4) is 0 Å². The first-order valence-electron chi connectivity index (χ1n) is 14.2. The Kier molecular flexibility index (Phi) is 8.53. The Balaban J connectivity index is 2.30. The fourth-order valence-electron chi connectivity index (χ4n) is 8.57. The third-order valence-corrected chi connectivity index (χ3v) is 16.8. The molecule has 3 rings (SSSR count). The van der Waals surface area contributed by atoms with Crippen molar-refractivity contribution in [1.82, 2.24) is 0 Å². The van der Waals surface area contributed by atoms with Crippen LogP contribution in [-0.4, -0.2) is 39.5 Å². The molecule has 0 heterocycles. The number of ether oxygens (including phenoxy) is 2. The summed E-state index contributed by atoms with van der Waals surface area (Å²) in [7, 11) is -0.501. The molecule has 5 unspecified atom stereocenters. The van der Waals surface area contributed by atoms with Crippen molar-refractivity contribution in [2.24, 2.45) is 22.2 Å². The second-order valence-corrected chi connectivity index (χ2v) is 18.8. The van der Waals surface area contributed by atoms with Crippen LogP contribution in [-0.2, 0) is 13.9 Å². The molecule has 206 valence electrons. The summed E-state index contributed by atoms with van der Waals surface area (Å²) in [5, 5.41) is 12.1. The number of rotatable bonds is 9. The van der Waals surface area contributed by atoms with E-state index in [1.165, 1.54) is 11.3 Å². The molecule has 6 atom stereocenters. The van der Waals surface area contributed by atoms with Crippen molar-refractivity contribution in [3.63, 3.8) is 0 Å². The van der Waals surface area contributed by atoms with Crippen LogP contribution in [0.15, 0.2) is 36.1 Å². The molecule has 0 aliphatic heterocycles. The van der Waals surface area contributed by atoms with Gasteiger partial charge in [-0.05, 0) is 59.4 Å². The second-order valence-electron chi connectivity index (χ2n) is 13.4. The summed E-state index contributed by atoms with van der Waals surface area (Å²) in [6.07, 6.45) is 5.70. The summed E-state index contributed by atoms with van der Waals surface area (Å²) in [5.74, 6) is 1.51. The van der Waals surface area contributed by atoms with Crippen LogP contribution in [0.5, 0.6) is 0 Å². The molecular weight excluding hydrogens is 464 g/mol. The minimum Gasteiger partial charge on any atom is -0.546 e. The molecule has 1 N–H and O–H groups in total. The van der Waals surface area contributed by atoms with E-state index < -0.39 is 19.8 Å². The number of hydrogen-bond acceptors (Lipinski definition) is 4. The first kappa shape index (κ1) is 29.7. The lowest BCUT2D eigenvalue weighted by Crippen LogP contribution is -2.56. The predicted octanol–water partition coefficient (Wildman–Crippen LogP) is 8.15. The van der Waals surface area contributed by atoms with Gasteiger partial charge in [0.1, 0.15) is 6.79 Å². The highest BCUT2D eigenvalue weighted by Gasteiger charge is 2.63. The van der Waals surface area contributed by atoms with E-state index in [4.69, 9.17) is 20.5 Å². The molecule has 0 amide bonds. The molecular formula is C31H54O4Si. The first-order chi connectivity index (χ1) is 16.7. The van der Waals surface area contributed by atoms with Gasteiger partial charge in [-0.15, -0.1) is 6.58 Å². The van der Waals surface area contributed by atoms with E-state index in [-0.39, 0.29) is 23.7 Å². The van der Waals surface area contributed by atoms with E-state index in [1.807, 2.05) is 6.08 Å². The molecule has 0 radical (unpaired) electrons. The molecule has 0 aromatic rings. The number of aliphatic hydroxyl groups is 1. The van der Waals surface area contributed by atoms with Gasteiger partial charge in [0, 0.05) is 29.8 Å². The Bertz CT molecular complexity index is 854. The van der Waals surface area contributed by atoms with Crippen LogP contribution in [0.1, 0.15) is 94.4 Å². The van der Waals surface area contributed by atoms with Gasteiger partial charge in [-0.2, -0.15) is 0 Å². The van der Waals surface area contributed by atoms with E-state index in [1.54, 1.807) is 7.11 Å². The maximum atomic E-state index is 12.1. The lowest BCUT2D eigenvalue weighted by Gasteiger charge is -2.59. The lowest BCUT2D eigenvalue weighted by molar-refractivity contribution is -0.124.